The second kappa shape index (κ2) is 5.90. The normalized spacial score (nSPS) is 19.0. The van der Waals surface area contributed by atoms with Crippen molar-refractivity contribution in [3.05, 3.63) is 82.4 Å². The molecule has 1 aliphatic rings. The summed E-state index contributed by atoms with van der Waals surface area (Å²) < 4.78 is 70.0. The van der Waals surface area contributed by atoms with Crippen LogP contribution in [0.5, 0.6) is 0 Å². The zero-order valence-electron chi connectivity index (χ0n) is 13.5. The van der Waals surface area contributed by atoms with Crippen LogP contribution in [0, 0.1) is 35.0 Å². The topological polar surface area (TPSA) is 12.9 Å². The van der Waals surface area contributed by atoms with Gasteiger partial charge in [0.2, 0.25) is 5.82 Å². The minimum Gasteiger partial charge on any atom is -0.256 e. The first-order chi connectivity index (χ1) is 12.4. The Balaban J connectivity index is 2.10. The molecule has 0 N–H and O–H groups in total. The van der Waals surface area contributed by atoms with Crippen molar-refractivity contribution in [2.24, 2.45) is 5.92 Å². The summed E-state index contributed by atoms with van der Waals surface area (Å²) in [4.78, 5) is 4.29. The summed E-state index contributed by atoms with van der Waals surface area (Å²) >= 11 is 0. The molecule has 4 rings (SSSR count). The van der Waals surface area contributed by atoms with E-state index in [4.69, 9.17) is 0 Å². The Morgan fingerprint density at radius 3 is 2.12 bits per heavy atom. The highest BCUT2D eigenvalue weighted by atomic mass is 19.2. The van der Waals surface area contributed by atoms with Crippen molar-refractivity contribution in [2.75, 3.05) is 0 Å². The highest BCUT2D eigenvalue weighted by molar-refractivity contribution is 5.89. The van der Waals surface area contributed by atoms with Crippen LogP contribution in [0.15, 0.2) is 36.5 Å². The molecule has 26 heavy (non-hydrogen) atoms. The van der Waals surface area contributed by atoms with Crippen molar-refractivity contribution in [1.82, 2.24) is 4.98 Å². The van der Waals surface area contributed by atoms with Gasteiger partial charge in [-0.05, 0) is 22.9 Å². The average Bonchev–Trinajstić information content (AvgIpc) is 2.66. The first-order valence-electron chi connectivity index (χ1n) is 7.99. The molecule has 0 radical (unpaired) electrons. The quantitative estimate of drug-likeness (QED) is 0.307. The molecular formula is C20H12F5N. The van der Waals surface area contributed by atoms with E-state index >= 15 is 0 Å². The molecule has 2 unspecified atom stereocenters. The van der Waals surface area contributed by atoms with Gasteiger partial charge in [-0.3, -0.25) is 4.98 Å². The summed E-state index contributed by atoms with van der Waals surface area (Å²) in [7, 11) is 0. The molecule has 2 aromatic carbocycles. The maximum Gasteiger partial charge on any atom is 0.200 e. The molecule has 0 saturated heterocycles. The minimum absolute atomic E-state index is 0.454. The third kappa shape index (κ3) is 2.25. The van der Waals surface area contributed by atoms with Crippen LogP contribution in [0.2, 0.25) is 0 Å². The fourth-order valence-electron chi connectivity index (χ4n) is 3.58. The molecule has 2 atom stereocenters. The van der Waals surface area contributed by atoms with Crippen molar-refractivity contribution >= 4 is 16.8 Å². The molecule has 0 fully saturated rings. The Bertz CT molecular complexity index is 1040. The smallest absolute Gasteiger partial charge is 0.200 e. The number of pyridine rings is 1. The third-order valence-corrected chi connectivity index (χ3v) is 4.82. The van der Waals surface area contributed by atoms with Gasteiger partial charge in [0.25, 0.3) is 0 Å². The van der Waals surface area contributed by atoms with E-state index in [2.05, 4.69) is 4.98 Å². The van der Waals surface area contributed by atoms with Crippen molar-refractivity contribution in [3.63, 3.8) is 0 Å². The predicted octanol–water partition coefficient (Wildman–Crippen LogP) is 5.73. The maximum atomic E-state index is 14.5. The van der Waals surface area contributed by atoms with Gasteiger partial charge >= 0.3 is 0 Å². The summed E-state index contributed by atoms with van der Waals surface area (Å²) in [6, 6.07) is 7.06. The standard InChI is InChI=1S/C20H12F5N/c1-9-6-7-12-14(11-5-3-2-4-10(11)8-26-12)13(9)15-16(21)18(23)20(25)19(24)17(15)22/h2-9,13H,1H3. The van der Waals surface area contributed by atoms with Crippen molar-refractivity contribution in [1.29, 1.82) is 0 Å². The van der Waals surface area contributed by atoms with Gasteiger partial charge in [-0.2, -0.15) is 0 Å². The second-order valence-electron chi connectivity index (χ2n) is 6.32. The van der Waals surface area contributed by atoms with Crippen LogP contribution in [0.1, 0.15) is 29.7 Å². The molecule has 0 spiro atoms. The number of aromatic nitrogens is 1. The number of allylic oxidation sites excluding steroid dienone is 1. The minimum atomic E-state index is -2.15. The molecule has 3 aromatic rings. The lowest BCUT2D eigenvalue weighted by Gasteiger charge is -2.29. The van der Waals surface area contributed by atoms with Gasteiger partial charge in [0.15, 0.2) is 23.3 Å². The summed E-state index contributed by atoms with van der Waals surface area (Å²) in [5.74, 6) is -11.1. The number of hydrogen-bond acceptors (Lipinski definition) is 1. The van der Waals surface area contributed by atoms with E-state index in [1.807, 2.05) is 0 Å². The van der Waals surface area contributed by atoms with Gasteiger partial charge in [0.05, 0.1) is 5.69 Å². The number of halogens is 5. The first-order valence-corrected chi connectivity index (χ1v) is 7.99. The van der Waals surface area contributed by atoms with Crippen LogP contribution in [-0.4, -0.2) is 4.98 Å². The lowest BCUT2D eigenvalue weighted by atomic mass is 9.75. The fourth-order valence-corrected chi connectivity index (χ4v) is 3.58. The fraction of sp³-hybridized carbons (Fsp3) is 0.150. The summed E-state index contributed by atoms with van der Waals surface area (Å²) in [5.41, 5.74) is 0.0923. The van der Waals surface area contributed by atoms with Gasteiger partial charge in [-0.25, -0.2) is 22.0 Å². The number of fused-ring (bicyclic) bond motifs is 3. The van der Waals surface area contributed by atoms with Gasteiger partial charge in [0, 0.05) is 23.1 Å². The Morgan fingerprint density at radius 1 is 0.808 bits per heavy atom. The monoisotopic (exact) mass is 361 g/mol. The van der Waals surface area contributed by atoms with Crippen LogP contribution in [-0.2, 0) is 0 Å². The second-order valence-corrected chi connectivity index (χ2v) is 6.32. The molecule has 6 heteroatoms. The molecule has 0 bridgehead atoms. The van der Waals surface area contributed by atoms with Crippen LogP contribution in [0.25, 0.3) is 16.8 Å². The third-order valence-electron chi connectivity index (χ3n) is 4.82. The lowest BCUT2D eigenvalue weighted by Crippen LogP contribution is -2.20. The summed E-state index contributed by atoms with van der Waals surface area (Å²) in [6.45, 7) is 1.67. The van der Waals surface area contributed by atoms with Crippen LogP contribution in [0.4, 0.5) is 22.0 Å². The van der Waals surface area contributed by atoms with E-state index in [0.717, 1.165) is 5.39 Å². The van der Waals surface area contributed by atoms with E-state index in [1.165, 1.54) is 0 Å². The van der Waals surface area contributed by atoms with Gasteiger partial charge in [-0.15, -0.1) is 0 Å². The largest absolute Gasteiger partial charge is 0.256 e. The van der Waals surface area contributed by atoms with Gasteiger partial charge < -0.3 is 0 Å². The van der Waals surface area contributed by atoms with Crippen molar-refractivity contribution < 1.29 is 22.0 Å². The zero-order chi connectivity index (χ0) is 18.6. The van der Waals surface area contributed by atoms with E-state index < -0.39 is 46.5 Å². The zero-order valence-corrected chi connectivity index (χ0v) is 13.5. The molecule has 132 valence electrons. The van der Waals surface area contributed by atoms with Crippen LogP contribution >= 0.6 is 0 Å². The number of nitrogens with zero attached hydrogens (tertiary/aromatic N) is 1. The van der Waals surface area contributed by atoms with Gasteiger partial charge in [-0.1, -0.05) is 37.3 Å². The molecule has 1 aromatic heterocycles. The van der Waals surface area contributed by atoms with E-state index in [0.29, 0.717) is 16.6 Å². The molecule has 0 aliphatic heterocycles. The summed E-state index contributed by atoms with van der Waals surface area (Å²) in [5, 5.41) is 1.39. The maximum absolute atomic E-state index is 14.5. The number of hydrogen-bond donors (Lipinski definition) is 0. The Morgan fingerprint density at radius 2 is 1.42 bits per heavy atom. The Labute approximate surface area is 145 Å². The molecule has 0 amide bonds. The average molecular weight is 361 g/mol. The van der Waals surface area contributed by atoms with E-state index in [9.17, 15) is 22.0 Å². The molecular weight excluding hydrogens is 349 g/mol. The lowest BCUT2D eigenvalue weighted by molar-refractivity contribution is 0.362. The number of rotatable bonds is 1. The Kier molecular flexibility index (Phi) is 3.79. The predicted molar refractivity (Wildman–Crippen MR) is 88.0 cm³/mol. The Hall–Kier alpha value is -2.76. The van der Waals surface area contributed by atoms with Crippen molar-refractivity contribution in [2.45, 2.75) is 12.8 Å². The molecule has 1 nitrogen and oxygen atoms in total. The number of benzene rings is 2. The highest BCUT2D eigenvalue weighted by Crippen LogP contribution is 2.44. The van der Waals surface area contributed by atoms with Gasteiger partial charge in [0.1, 0.15) is 0 Å². The molecule has 0 saturated carbocycles. The van der Waals surface area contributed by atoms with E-state index in [-0.39, 0.29) is 0 Å². The highest BCUT2D eigenvalue weighted by Gasteiger charge is 2.36. The van der Waals surface area contributed by atoms with Crippen LogP contribution < -0.4 is 0 Å². The molecule has 1 aliphatic carbocycles. The summed E-state index contributed by atoms with van der Waals surface area (Å²) in [6.07, 6.45) is 4.98. The van der Waals surface area contributed by atoms with Crippen molar-refractivity contribution in [3.8, 4) is 0 Å². The van der Waals surface area contributed by atoms with E-state index in [1.54, 1.807) is 49.5 Å². The molecule has 1 heterocycles. The first kappa shape index (κ1) is 16.7. The van der Waals surface area contributed by atoms with Crippen LogP contribution in [0.3, 0.4) is 0 Å². The SMILES string of the molecule is CC1C=Cc2ncc3ccccc3c2C1c1c(F)c(F)c(F)c(F)c1F.